The number of non-ortho nitro benzene ring substituents is 1. The van der Waals surface area contributed by atoms with Crippen molar-refractivity contribution in [1.82, 2.24) is 0 Å². The van der Waals surface area contributed by atoms with Gasteiger partial charge in [0.1, 0.15) is 5.82 Å². The number of nitro groups is 1. The molecule has 0 aliphatic carbocycles. The predicted octanol–water partition coefficient (Wildman–Crippen LogP) is 2.19. The van der Waals surface area contributed by atoms with Gasteiger partial charge in [0.2, 0.25) is 5.91 Å². The van der Waals surface area contributed by atoms with Crippen LogP contribution < -0.4 is 11.1 Å². The van der Waals surface area contributed by atoms with Crippen LogP contribution in [0.15, 0.2) is 18.2 Å². The van der Waals surface area contributed by atoms with Crippen LogP contribution in [0.3, 0.4) is 0 Å². The number of carbonyl (C=O) groups excluding carboxylic acids is 1. The summed E-state index contributed by atoms with van der Waals surface area (Å²) in [6.07, 6.45) is 2.23. The molecule has 1 amide bonds. The summed E-state index contributed by atoms with van der Waals surface area (Å²) in [5, 5.41) is 12.9. The first kappa shape index (κ1) is 15.0. The Balaban J connectivity index is 2.76. The molecule has 1 aromatic carbocycles. The number of halogens is 1. The SMILES string of the molecule is CCCC[C@H](N)C(=O)Nc1cc(F)cc([N+](=O)[O-])c1. The maximum absolute atomic E-state index is 13.2. The van der Waals surface area contributed by atoms with Crippen LogP contribution in [-0.2, 0) is 4.79 Å². The molecule has 1 aromatic rings. The molecular weight excluding hydrogens is 253 g/mol. The van der Waals surface area contributed by atoms with Crippen molar-refractivity contribution in [2.75, 3.05) is 5.32 Å². The van der Waals surface area contributed by atoms with Crippen molar-refractivity contribution in [3.05, 3.63) is 34.1 Å². The van der Waals surface area contributed by atoms with Gasteiger partial charge in [-0.15, -0.1) is 0 Å². The third-order valence-corrected chi connectivity index (χ3v) is 2.57. The molecule has 0 radical (unpaired) electrons. The zero-order chi connectivity index (χ0) is 14.4. The summed E-state index contributed by atoms with van der Waals surface area (Å²) in [4.78, 5) is 21.5. The molecule has 6 nitrogen and oxygen atoms in total. The zero-order valence-electron chi connectivity index (χ0n) is 10.6. The first-order valence-electron chi connectivity index (χ1n) is 5.95. The lowest BCUT2D eigenvalue weighted by Crippen LogP contribution is -2.35. The fourth-order valence-electron chi connectivity index (χ4n) is 1.54. The number of hydrogen-bond donors (Lipinski definition) is 2. The number of anilines is 1. The van der Waals surface area contributed by atoms with E-state index in [-0.39, 0.29) is 5.69 Å². The highest BCUT2D eigenvalue weighted by atomic mass is 19.1. The number of nitrogens with zero attached hydrogens (tertiary/aromatic N) is 1. The standard InChI is InChI=1S/C12H16FN3O3/c1-2-3-4-11(14)12(17)15-9-5-8(13)6-10(7-9)16(18)19/h5-7,11H,2-4,14H2,1H3,(H,15,17)/t11-/m0/s1. The molecule has 0 saturated heterocycles. The summed E-state index contributed by atoms with van der Waals surface area (Å²) in [6, 6.07) is 2.18. The minimum Gasteiger partial charge on any atom is -0.324 e. The summed E-state index contributed by atoms with van der Waals surface area (Å²) in [5.74, 6) is -1.26. The van der Waals surface area contributed by atoms with Gasteiger partial charge in [0, 0.05) is 6.07 Å². The highest BCUT2D eigenvalue weighted by Gasteiger charge is 2.15. The van der Waals surface area contributed by atoms with Gasteiger partial charge in [-0.05, 0) is 12.5 Å². The molecule has 19 heavy (non-hydrogen) atoms. The molecule has 0 unspecified atom stereocenters. The van der Waals surface area contributed by atoms with Crippen LogP contribution in [0.25, 0.3) is 0 Å². The van der Waals surface area contributed by atoms with Gasteiger partial charge in [-0.25, -0.2) is 4.39 Å². The Bertz CT molecular complexity index is 479. The lowest BCUT2D eigenvalue weighted by Gasteiger charge is -2.11. The average Bonchev–Trinajstić information content (AvgIpc) is 2.34. The number of unbranched alkanes of at least 4 members (excludes halogenated alkanes) is 1. The van der Waals surface area contributed by atoms with Crippen molar-refractivity contribution >= 4 is 17.3 Å². The molecule has 0 saturated carbocycles. The van der Waals surface area contributed by atoms with Crippen molar-refractivity contribution in [3.8, 4) is 0 Å². The van der Waals surface area contributed by atoms with E-state index in [1.807, 2.05) is 6.92 Å². The first-order valence-corrected chi connectivity index (χ1v) is 5.95. The van der Waals surface area contributed by atoms with E-state index in [1.54, 1.807) is 0 Å². The van der Waals surface area contributed by atoms with Crippen molar-refractivity contribution in [3.63, 3.8) is 0 Å². The molecule has 0 aliphatic heterocycles. The highest BCUT2D eigenvalue weighted by molar-refractivity contribution is 5.94. The van der Waals surface area contributed by atoms with Gasteiger partial charge < -0.3 is 11.1 Å². The van der Waals surface area contributed by atoms with Gasteiger partial charge in [0.15, 0.2) is 0 Å². The molecule has 104 valence electrons. The van der Waals surface area contributed by atoms with E-state index in [0.717, 1.165) is 31.0 Å². The summed E-state index contributed by atoms with van der Waals surface area (Å²) in [7, 11) is 0. The second kappa shape index (κ2) is 6.79. The molecule has 0 heterocycles. The number of nitro benzene ring substituents is 1. The molecule has 7 heteroatoms. The number of hydrogen-bond acceptors (Lipinski definition) is 4. The van der Waals surface area contributed by atoms with E-state index < -0.39 is 28.4 Å². The van der Waals surface area contributed by atoms with Crippen LogP contribution >= 0.6 is 0 Å². The minimum atomic E-state index is -0.786. The van der Waals surface area contributed by atoms with E-state index in [0.29, 0.717) is 6.42 Å². The molecule has 1 atom stereocenters. The number of benzene rings is 1. The van der Waals surface area contributed by atoms with Crippen LogP contribution in [0.4, 0.5) is 15.8 Å². The van der Waals surface area contributed by atoms with Crippen molar-refractivity contribution in [1.29, 1.82) is 0 Å². The molecule has 0 aliphatic rings. The van der Waals surface area contributed by atoms with Gasteiger partial charge in [0.05, 0.1) is 22.7 Å². The molecule has 0 spiro atoms. The van der Waals surface area contributed by atoms with Crippen LogP contribution in [0, 0.1) is 15.9 Å². The predicted molar refractivity (Wildman–Crippen MR) is 69.2 cm³/mol. The first-order chi connectivity index (χ1) is 8.93. The maximum Gasteiger partial charge on any atom is 0.274 e. The van der Waals surface area contributed by atoms with Gasteiger partial charge in [-0.1, -0.05) is 19.8 Å². The molecule has 3 N–H and O–H groups in total. The Labute approximate surface area is 109 Å². The quantitative estimate of drug-likeness (QED) is 0.610. The van der Waals surface area contributed by atoms with Gasteiger partial charge in [-0.3, -0.25) is 14.9 Å². The Hall–Kier alpha value is -2.02. The van der Waals surface area contributed by atoms with Crippen molar-refractivity contribution in [2.45, 2.75) is 32.2 Å². The van der Waals surface area contributed by atoms with Crippen LogP contribution in [-0.4, -0.2) is 16.9 Å². The Morgan fingerprint density at radius 1 is 1.53 bits per heavy atom. The van der Waals surface area contributed by atoms with Crippen LogP contribution in [0.1, 0.15) is 26.2 Å². The van der Waals surface area contributed by atoms with E-state index in [2.05, 4.69) is 5.32 Å². The summed E-state index contributed by atoms with van der Waals surface area (Å²) < 4.78 is 13.2. The van der Waals surface area contributed by atoms with E-state index in [1.165, 1.54) is 0 Å². The number of rotatable bonds is 6. The zero-order valence-corrected chi connectivity index (χ0v) is 10.6. The molecule has 0 bridgehead atoms. The summed E-state index contributed by atoms with van der Waals surface area (Å²) >= 11 is 0. The lowest BCUT2D eigenvalue weighted by molar-refractivity contribution is -0.385. The van der Waals surface area contributed by atoms with Gasteiger partial charge >= 0.3 is 0 Å². The largest absolute Gasteiger partial charge is 0.324 e. The molecule has 0 fully saturated rings. The second-order valence-corrected chi connectivity index (χ2v) is 4.19. The highest BCUT2D eigenvalue weighted by Crippen LogP contribution is 2.20. The minimum absolute atomic E-state index is 0.0312. The van der Waals surface area contributed by atoms with E-state index >= 15 is 0 Å². The van der Waals surface area contributed by atoms with Crippen molar-refractivity contribution in [2.24, 2.45) is 5.73 Å². The molecule has 0 aromatic heterocycles. The Kier molecular flexibility index (Phi) is 5.37. The van der Waals surface area contributed by atoms with Gasteiger partial charge in [-0.2, -0.15) is 0 Å². The third-order valence-electron chi connectivity index (χ3n) is 2.57. The van der Waals surface area contributed by atoms with Crippen LogP contribution in [0.2, 0.25) is 0 Å². The Morgan fingerprint density at radius 2 is 2.21 bits per heavy atom. The number of nitrogens with one attached hydrogen (secondary N) is 1. The number of nitrogens with two attached hydrogens (primary N) is 1. The maximum atomic E-state index is 13.2. The average molecular weight is 269 g/mol. The summed E-state index contributed by atoms with van der Waals surface area (Å²) in [5.41, 5.74) is 5.26. The fraction of sp³-hybridized carbons (Fsp3) is 0.417. The summed E-state index contributed by atoms with van der Waals surface area (Å²) in [6.45, 7) is 1.97. The lowest BCUT2D eigenvalue weighted by atomic mass is 10.1. The van der Waals surface area contributed by atoms with E-state index in [4.69, 9.17) is 5.73 Å². The van der Waals surface area contributed by atoms with Crippen molar-refractivity contribution < 1.29 is 14.1 Å². The normalized spacial score (nSPS) is 11.9. The topological polar surface area (TPSA) is 98.3 Å². The number of amides is 1. The number of carbonyl (C=O) groups is 1. The molecular formula is C12H16FN3O3. The van der Waals surface area contributed by atoms with E-state index in [9.17, 15) is 19.3 Å². The van der Waals surface area contributed by atoms with Crippen LogP contribution in [0.5, 0.6) is 0 Å². The third kappa shape index (κ3) is 4.63. The van der Waals surface area contributed by atoms with Gasteiger partial charge in [0.25, 0.3) is 5.69 Å². The monoisotopic (exact) mass is 269 g/mol. The molecule has 1 rings (SSSR count). The smallest absolute Gasteiger partial charge is 0.274 e. The second-order valence-electron chi connectivity index (χ2n) is 4.19. The fourth-order valence-corrected chi connectivity index (χ4v) is 1.54. The Morgan fingerprint density at radius 3 is 2.79 bits per heavy atom.